The molecule has 4 heteroatoms. The van der Waals surface area contributed by atoms with E-state index in [-0.39, 0.29) is 0 Å². The number of aromatic nitrogens is 1. The van der Waals surface area contributed by atoms with E-state index in [4.69, 9.17) is 0 Å². The highest BCUT2D eigenvalue weighted by Crippen LogP contribution is 2.36. The Balaban J connectivity index is 1.85. The molecule has 0 saturated heterocycles. The van der Waals surface area contributed by atoms with E-state index < -0.39 is 0 Å². The lowest BCUT2D eigenvalue weighted by Gasteiger charge is -2.19. The zero-order valence-corrected chi connectivity index (χ0v) is 15.8. The highest BCUT2D eigenvalue weighted by molar-refractivity contribution is 6.09. The van der Waals surface area contributed by atoms with Crippen LogP contribution in [0.4, 0.5) is 0 Å². The second-order valence-electron chi connectivity index (χ2n) is 7.00. The van der Waals surface area contributed by atoms with Gasteiger partial charge < -0.3 is 19.9 Å². The van der Waals surface area contributed by atoms with Crippen molar-refractivity contribution in [2.24, 2.45) is 0 Å². The minimum absolute atomic E-state index is 0.348. The minimum Gasteiger partial charge on any atom is -0.505 e. The van der Waals surface area contributed by atoms with Crippen LogP contribution in [0, 0.1) is 0 Å². The van der Waals surface area contributed by atoms with E-state index in [0.717, 1.165) is 35.4 Å². The standard InChI is InChI=1S/C23H25N3O/c1-24-14-15-25(2)16-17-8-7-13-22(23(17)27)26-20-11-5-3-9-18(20)19-10-4-6-12-21(19)26/h3-13,24,27H,14-16H2,1-2H3. The smallest absolute Gasteiger partial charge is 0.144 e. The second kappa shape index (κ2) is 7.43. The number of hydrogen-bond donors (Lipinski definition) is 2. The van der Waals surface area contributed by atoms with Gasteiger partial charge in [0.05, 0.1) is 16.7 Å². The summed E-state index contributed by atoms with van der Waals surface area (Å²) in [6, 6.07) is 22.7. The molecule has 3 aromatic carbocycles. The summed E-state index contributed by atoms with van der Waals surface area (Å²) >= 11 is 0. The van der Waals surface area contributed by atoms with Crippen LogP contribution < -0.4 is 5.32 Å². The summed E-state index contributed by atoms with van der Waals surface area (Å²) in [5.41, 5.74) is 3.98. The van der Waals surface area contributed by atoms with Crippen molar-refractivity contribution in [2.45, 2.75) is 6.54 Å². The molecule has 0 unspecified atom stereocenters. The lowest BCUT2D eigenvalue weighted by Crippen LogP contribution is -2.27. The van der Waals surface area contributed by atoms with Gasteiger partial charge in [-0.3, -0.25) is 0 Å². The molecule has 4 nitrogen and oxygen atoms in total. The molecule has 0 amide bonds. The van der Waals surface area contributed by atoms with Crippen LogP contribution in [0.3, 0.4) is 0 Å². The van der Waals surface area contributed by atoms with Crippen LogP contribution in [0.5, 0.6) is 5.75 Å². The molecule has 4 rings (SSSR count). The maximum Gasteiger partial charge on any atom is 0.144 e. The minimum atomic E-state index is 0.348. The van der Waals surface area contributed by atoms with Gasteiger partial charge in [-0.05, 0) is 32.3 Å². The Morgan fingerprint density at radius 1 is 0.889 bits per heavy atom. The Bertz CT molecular complexity index is 1030. The number of phenolic OH excluding ortho intramolecular Hbond substituents is 1. The average molecular weight is 359 g/mol. The van der Waals surface area contributed by atoms with Crippen molar-refractivity contribution in [3.63, 3.8) is 0 Å². The summed E-state index contributed by atoms with van der Waals surface area (Å²) in [4.78, 5) is 2.21. The molecular weight excluding hydrogens is 334 g/mol. The maximum absolute atomic E-state index is 11.1. The summed E-state index contributed by atoms with van der Waals surface area (Å²) in [6.07, 6.45) is 0. The maximum atomic E-state index is 11.1. The third kappa shape index (κ3) is 3.18. The zero-order valence-electron chi connectivity index (χ0n) is 15.8. The normalized spacial score (nSPS) is 11.7. The lowest BCUT2D eigenvalue weighted by molar-refractivity contribution is 0.321. The van der Waals surface area contributed by atoms with Gasteiger partial charge in [-0.2, -0.15) is 0 Å². The van der Waals surface area contributed by atoms with E-state index in [9.17, 15) is 5.11 Å². The molecule has 138 valence electrons. The van der Waals surface area contributed by atoms with E-state index in [1.54, 1.807) is 0 Å². The van der Waals surface area contributed by atoms with E-state index in [1.807, 2.05) is 37.4 Å². The molecule has 2 N–H and O–H groups in total. The van der Waals surface area contributed by atoms with Crippen molar-refractivity contribution in [3.05, 3.63) is 72.3 Å². The highest BCUT2D eigenvalue weighted by Gasteiger charge is 2.16. The summed E-state index contributed by atoms with van der Waals surface area (Å²) < 4.78 is 2.16. The molecule has 0 saturated carbocycles. The molecule has 0 aliphatic carbocycles. The molecule has 0 fully saturated rings. The van der Waals surface area contributed by atoms with Crippen LogP contribution in [-0.2, 0) is 6.54 Å². The first-order valence-electron chi connectivity index (χ1n) is 9.33. The first-order chi connectivity index (χ1) is 13.2. The van der Waals surface area contributed by atoms with Gasteiger partial charge in [-0.25, -0.2) is 0 Å². The van der Waals surface area contributed by atoms with Gasteiger partial charge in [0.2, 0.25) is 0 Å². The van der Waals surface area contributed by atoms with Gasteiger partial charge in [0.1, 0.15) is 5.75 Å². The van der Waals surface area contributed by atoms with Crippen LogP contribution >= 0.6 is 0 Å². The first-order valence-corrected chi connectivity index (χ1v) is 9.33. The molecule has 1 aromatic heterocycles. The summed E-state index contributed by atoms with van der Waals surface area (Å²) in [7, 11) is 4.03. The first kappa shape index (κ1) is 17.6. The molecule has 27 heavy (non-hydrogen) atoms. The van der Waals surface area contributed by atoms with E-state index in [2.05, 4.69) is 58.2 Å². The number of fused-ring (bicyclic) bond motifs is 3. The van der Waals surface area contributed by atoms with E-state index in [1.165, 1.54) is 10.8 Å². The Labute approximate surface area is 159 Å². The number of benzene rings is 3. The number of rotatable bonds is 6. The third-order valence-corrected chi connectivity index (χ3v) is 5.10. The zero-order chi connectivity index (χ0) is 18.8. The van der Waals surface area contributed by atoms with Crippen LogP contribution in [-0.4, -0.2) is 41.8 Å². The molecule has 0 radical (unpaired) electrons. The number of likely N-dealkylation sites (N-methyl/N-ethyl adjacent to an activating group) is 2. The number of para-hydroxylation sites is 3. The van der Waals surface area contributed by atoms with E-state index in [0.29, 0.717) is 12.3 Å². The number of phenols is 1. The van der Waals surface area contributed by atoms with Gasteiger partial charge in [0, 0.05) is 36.0 Å². The fraction of sp³-hybridized carbons (Fsp3) is 0.217. The van der Waals surface area contributed by atoms with Crippen molar-refractivity contribution in [2.75, 3.05) is 27.2 Å². The molecule has 0 spiro atoms. The second-order valence-corrected chi connectivity index (χ2v) is 7.00. The predicted molar refractivity (Wildman–Crippen MR) is 113 cm³/mol. The van der Waals surface area contributed by atoms with Gasteiger partial charge in [0.25, 0.3) is 0 Å². The van der Waals surface area contributed by atoms with Gasteiger partial charge in [-0.15, -0.1) is 0 Å². The number of hydrogen-bond acceptors (Lipinski definition) is 3. The number of nitrogens with one attached hydrogen (secondary N) is 1. The topological polar surface area (TPSA) is 40.4 Å². The fourth-order valence-electron chi connectivity index (χ4n) is 3.74. The summed E-state index contributed by atoms with van der Waals surface area (Å²) in [5.74, 6) is 0.348. The van der Waals surface area contributed by atoms with Crippen molar-refractivity contribution in [1.29, 1.82) is 0 Å². The van der Waals surface area contributed by atoms with Crippen molar-refractivity contribution < 1.29 is 5.11 Å². The van der Waals surface area contributed by atoms with Crippen molar-refractivity contribution in [3.8, 4) is 11.4 Å². The van der Waals surface area contributed by atoms with Gasteiger partial charge in [-0.1, -0.05) is 48.5 Å². The SMILES string of the molecule is CNCCN(C)Cc1cccc(-n2c3ccccc3c3ccccc32)c1O. The Kier molecular flexibility index (Phi) is 4.84. The van der Waals surface area contributed by atoms with Crippen LogP contribution in [0.15, 0.2) is 66.7 Å². The predicted octanol–water partition coefficient (Wildman–Crippen LogP) is 4.14. The molecule has 1 heterocycles. The number of aromatic hydroxyl groups is 1. The molecule has 0 aliphatic heterocycles. The summed E-state index contributed by atoms with van der Waals surface area (Å²) in [6.45, 7) is 2.55. The molecule has 4 aromatic rings. The Morgan fingerprint density at radius 2 is 1.52 bits per heavy atom. The Morgan fingerprint density at radius 3 is 2.15 bits per heavy atom. The van der Waals surface area contributed by atoms with Crippen molar-refractivity contribution >= 4 is 21.8 Å². The highest BCUT2D eigenvalue weighted by atomic mass is 16.3. The average Bonchev–Trinajstić information content (AvgIpc) is 3.03. The largest absolute Gasteiger partial charge is 0.505 e. The third-order valence-electron chi connectivity index (χ3n) is 5.10. The van der Waals surface area contributed by atoms with Crippen LogP contribution in [0.25, 0.3) is 27.5 Å². The fourth-order valence-corrected chi connectivity index (χ4v) is 3.74. The molecular formula is C23H25N3O. The van der Waals surface area contributed by atoms with Crippen molar-refractivity contribution in [1.82, 2.24) is 14.8 Å². The summed E-state index contributed by atoms with van der Waals surface area (Å²) in [5, 5.41) is 16.7. The monoisotopic (exact) mass is 359 g/mol. The molecule has 0 aliphatic rings. The molecule has 0 bridgehead atoms. The van der Waals surface area contributed by atoms with E-state index >= 15 is 0 Å². The number of nitrogens with zero attached hydrogens (tertiary/aromatic N) is 2. The lowest BCUT2D eigenvalue weighted by atomic mass is 10.1. The Hall–Kier alpha value is -2.82. The van der Waals surface area contributed by atoms with Gasteiger partial charge in [0.15, 0.2) is 0 Å². The van der Waals surface area contributed by atoms with Gasteiger partial charge >= 0.3 is 0 Å². The van der Waals surface area contributed by atoms with Crippen LogP contribution in [0.1, 0.15) is 5.56 Å². The quantitative estimate of drug-likeness (QED) is 0.544. The van der Waals surface area contributed by atoms with Crippen LogP contribution in [0.2, 0.25) is 0 Å². The molecule has 0 atom stereocenters.